The number of aliphatic carboxylic acids is 1. The van der Waals surface area contributed by atoms with E-state index in [1.54, 1.807) is 0 Å². The molecule has 1 fully saturated rings. The van der Waals surface area contributed by atoms with E-state index in [1.165, 1.54) is 0 Å². The normalized spacial score (nSPS) is 29.8. The van der Waals surface area contributed by atoms with Crippen LogP contribution in [0.4, 0.5) is 0 Å². The lowest BCUT2D eigenvalue weighted by Gasteiger charge is -2.20. The van der Waals surface area contributed by atoms with Crippen molar-refractivity contribution in [3.8, 4) is 0 Å². The Hall–Kier alpha value is -1.43. The fourth-order valence-corrected chi connectivity index (χ4v) is 0.892. The molecule has 2 atom stereocenters. The summed E-state index contributed by atoms with van der Waals surface area (Å²) < 4.78 is 3.99. The maximum atomic E-state index is 10.6. The summed E-state index contributed by atoms with van der Waals surface area (Å²) in [7, 11) is 0. The molecule has 0 radical (unpaired) electrons. The van der Waals surface area contributed by atoms with Crippen molar-refractivity contribution < 1.29 is 29.3 Å². The number of aliphatic hydroxyl groups excluding tert-OH is 1. The van der Waals surface area contributed by atoms with Crippen LogP contribution in [0.3, 0.4) is 0 Å². The van der Waals surface area contributed by atoms with Gasteiger partial charge in [-0.05, 0) is 0 Å². The van der Waals surface area contributed by atoms with E-state index in [-0.39, 0.29) is 0 Å². The Labute approximate surface area is 66.7 Å². The second-order valence-electron chi connectivity index (χ2n) is 2.39. The lowest BCUT2D eigenvalue weighted by molar-refractivity contribution is -0.181. The smallest absolute Gasteiger partial charge is 0.343 e. The van der Waals surface area contributed by atoms with Crippen molar-refractivity contribution in [2.75, 3.05) is 0 Å². The average Bonchev–Trinajstić information content (AvgIpc) is 1.96. The van der Waals surface area contributed by atoms with E-state index < -0.39 is 36.4 Å². The highest BCUT2D eigenvalue weighted by Gasteiger charge is 2.41. The van der Waals surface area contributed by atoms with Gasteiger partial charge in [0.25, 0.3) is 0 Å². The summed E-state index contributed by atoms with van der Waals surface area (Å²) in [6.07, 6.45) is -2.21. The first-order valence-electron chi connectivity index (χ1n) is 3.17. The molecule has 6 nitrogen and oxygen atoms in total. The van der Waals surface area contributed by atoms with Crippen molar-refractivity contribution >= 4 is 17.9 Å². The van der Waals surface area contributed by atoms with Crippen LogP contribution in [-0.2, 0) is 19.1 Å². The van der Waals surface area contributed by atoms with Gasteiger partial charge in [-0.1, -0.05) is 0 Å². The summed E-state index contributed by atoms with van der Waals surface area (Å²) in [5, 5.41) is 17.3. The monoisotopic (exact) mass is 174 g/mol. The summed E-state index contributed by atoms with van der Waals surface area (Å²) >= 11 is 0. The molecule has 0 spiro atoms. The zero-order chi connectivity index (χ0) is 9.30. The molecule has 2 N–H and O–H groups in total. The molecular weight excluding hydrogens is 168 g/mol. The standard InChI is InChI=1S/C6H6O6/c7-3-1-2(5(9)10)4(8)6(11)12-3/h2,4,8H,1H2,(H,9,10). The van der Waals surface area contributed by atoms with Crippen LogP contribution < -0.4 is 0 Å². The molecule has 12 heavy (non-hydrogen) atoms. The number of cyclic esters (lactones) is 2. The zero-order valence-corrected chi connectivity index (χ0v) is 5.89. The first-order chi connectivity index (χ1) is 5.52. The van der Waals surface area contributed by atoms with Gasteiger partial charge in [0.15, 0.2) is 6.10 Å². The van der Waals surface area contributed by atoms with E-state index in [0.717, 1.165) is 0 Å². The van der Waals surface area contributed by atoms with E-state index in [0.29, 0.717) is 0 Å². The third kappa shape index (κ3) is 1.42. The van der Waals surface area contributed by atoms with E-state index in [1.807, 2.05) is 0 Å². The molecule has 0 bridgehead atoms. The third-order valence-electron chi connectivity index (χ3n) is 1.54. The predicted molar refractivity (Wildman–Crippen MR) is 32.8 cm³/mol. The molecular formula is C6H6O6. The van der Waals surface area contributed by atoms with Crippen molar-refractivity contribution in [1.29, 1.82) is 0 Å². The van der Waals surface area contributed by atoms with Gasteiger partial charge in [-0.3, -0.25) is 9.59 Å². The Balaban J connectivity index is 2.79. The van der Waals surface area contributed by atoms with Crippen LogP contribution >= 0.6 is 0 Å². The Kier molecular flexibility index (Phi) is 2.09. The number of carbonyl (C=O) groups excluding carboxylic acids is 2. The van der Waals surface area contributed by atoms with E-state index in [4.69, 9.17) is 10.2 Å². The molecule has 0 amide bonds. The van der Waals surface area contributed by atoms with E-state index in [2.05, 4.69) is 4.74 Å². The van der Waals surface area contributed by atoms with Gasteiger partial charge in [0.05, 0.1) is 6.42 Å². The van der Waals surface area contributed by atoms with Gasteiger partial charge >= 0.3 is 17.9 Å². The van der Waals surface area contributed by atoms with Crippen molar-refractivity contribution in [3.63, 3.8) is 0 Å². The number of carboxylic acid groups (broad SMARTS) is 1. The number of hydrogen-bond donors (Lipinski definition) is 2. The second kappa shape index (κ2) is 2.90. The minimum absolute atomic E-state index is 0.470. The first kappa shape index (κ1) is 8.66. The summed E-state index contributed by atoms with van der Waals surface area (Å²) in [6, 6.07) is 0. The summed E-state index contributed by atoms with van der Waals surface area (Å²) in [5.74, 6) is -4.87. The molecule has 0 aromatic rings. The Morgan fingerprint density at radius 1 is 1.50 bits per heavy atom. The zero-order valence-electron chi connectivity index (χ0n) is 5.89. The molecule has 1 aliphatic rings. The van der Waals surface area contributed by atoms with Crippen LogP contribution in [0.25, 0.3) is 0 Å². The van der Waals surface area contributed by atoms with Crippen LogP contribution in [0.5, 0.6) is 0 Å². The SMILES string of the molecule is O=C1CC(C(=O)O)C(O)C(=O)O1. The van der Waals surface area contributed by atoms with Gasteiger partial charge in [0.2, 0.25) is 0 Å². The number of ether oxygens (including phenoxy) is 1. The van der Waals surface area contributed by atoms with Gasteiger partial charge in [0, 0.05) is 0 Å². The first-order valence-corrected chi connectivity index (χ1v) is 3.17. The van der Waals surface area contributed by atoms with Crippen molar-refractivity contribution in [2.24, 2.45) is 5.92 Å². The molecule has 1 rings (SSSR count). The Morgan fingerprint density at radius 2 is 2.08 bits per heavy atom. The molecule has 2 unspecified atom stereocenters. The van der Waals surface area contributed by atoms with Crippen molar-refractivity contribution in [3.05, 3.63) is 0 Å². The number of rotatable bonds is 1. The van der Waals surface area contributed by atoms with Crippen LogP contribution in [0.2, 0.25) is 0 Å². The molecule has 1 saturated heterocycles. The average molecular weight is 174 g/mol. The molecule has 0 aromatic heterocycles. The topological polar surface area (TPSA) is 101 Å². The Bertz CT molecular complexity index is 244. The van der Waals surface area contributed by atoms with Gasteiger partial charge in [-0.15, -0.1) is 0 Å². The molecule has 0 aromatic carbocycles. The highest BCUT2D eigenvalue weighted by Crippen LogP contribution is 2.17. The number of carboxylic acids is 1. The van der Waals surface area contributed by atoms with Crippen molar-refractivity contribution in [1.82, 2.24) is 0 Å². The fraction of sp³-hybridized carbons (Fsp3) is 0.500. The summed E-state index contributed by atoms with van der Waals surface area (Å²) in [4.78, 5) is 31.4. The number of aliphatic hydroxyl groups is 1. The second-order valence-corrected chi connectivity index (χ2v) is 2.39. The maximum absolute atomic E-state index is 10.6. The van der Waals surface area contributed by atoms with Crippen LogP contribution in [0, 0.1) is 5.92 Å². The number of esters is 2. The molecule has 0 aliphatic carbocycles. The number of carbonyl (C=O) groups is 3. The summed E-state index contributed by atoms with van der Waals surface area (Å²) in [6.45, 7) is 0. The largest absolute Gasteiger partial charge is 0.481 e. The molecule has 0 saturated carbocycles. The summed E-state index contributed by atoms with van der Waals surface area (Å²) in [5.41, 5.74) is 0. The van der Waals surface area contributed by atoms with Crippen LogP contribution in [0.1, 0.15) is 6.42 Å². The molecule has 66 valence electrons. The molecule has 6 heteroatoms. The van der Waals surface area contributed by atoms with Crippen LogP contribution in [0.15, 0.2) is 0 Å². The third-order valence-corrected chi connectivity index (χ3v) is 1.54. The minimum Gasteiger partial charge on any atom is -0.481 e. The van der Waals surface area contributed by atoms with Crippen LogP contribution in [-0.4, -0.2) is 34.2 Å². The van der Waals surface area contributed by atoms with E-state index >= 15 is 0 Å². The quantitative estimate of drug-likeness (QED) is 0.371. The Morgan fingerprint density at radius 3 is 2.58 bits per heavy atom. The fourth-order valence-electron chi connectivity index (χ4n) is 0.892. The molecule has 1 aliphatic heterocycles. The maximum Gasteiger partial charge on any atom is 0.343 e. The predicted octanol–water partition coefficient (Wildman–Crippen LogP) is -1.48. The molecule has 1 heterocycles. The van der Waals surface area contributed by atoms with Crippen molar-refractivity contribution in [2.45, 2.75) is 12.5 Å². The highest BCUT2D eigenvalue weighted by molar-refractivity contribution is 5.96. The minimum atomic E-state index is -1.74. The van der Waals surface area contributed by atoms with Gasteiger partial charge in [0.1, 0.15) is 5.92 Å². The lowest BCUT2D eigenvalue weighted by atomic mass is 9.97. The number of hydrogen-bond acceptors (Lipinski definition) is 5. The lowest BCUT2D eigenvalue weighted by Crippen LogP contribution is -2.43. The highest BCUT2D eigenvalue weighted by atomic mass is 16.6. The van der Waals surface area contributed by atoms with Gasteiger partial charge in [-0.25, -0.2) is 4.79 Å². The van der Waals surface area contributed by atoms with Gasteiger partial charge in [-0.2, -0.15) is 0 Å². The van der Waals surface area contributed by atoms with Gasteiger partial charge < -0.3 is 14.9 Å². The van der Waals surface area contributed by atoms with E-state index in [9.17, 15) is 14.4 Å².